The molecule has 6 nitrogen and oxygen atoms in total. The maximum atomic E-state index is 13.9. The van der Waals surface area contributed by atoms with Crippen molar-refractivity contribution in [2.24, 2.45) is 0 Å². The molecular formula is C20H22FN3O3. The number of carbonyl (C=O) groups excluding carboxylic acids is 2. The third kappa shape index (κ3) is 4.19. The number of hydrogen-bond donors (Lipinski definition) is 1. The highest BCUT2D eigenvalue weighted by Gasteiger charge is 2.27. The molecule has 2 amide bonds. The highest BCUT2D eigenvalue weighted by molar-refractivity contribution is 6.39. The zero-order valence-electron chi connectivity index (χ0n) is 15.4. The molecule has 27 heavy (non-hydrogen) atoms. The molecule has 0 saturated carbocycles. The average Bonchev–Trinajstić information content (AvgIpc) is 2.68. The van der Waals surface area contributed by atoms with E-state index in [4.69, 9.17) is 4.74 Å². The van der Waals surface area contributed by atoms with Gasteiger partial charge in [0, 0.05) is 26.2 Å². The molecule has 2 aromatic carbocycles. The van der Waals surface area contributed by atoms with Crippen LogP contribution in [0.1, 0.15) is 5.56 Å². The maximum absolute atomic E-state index is 13.9. The first-order chi connectivity index (χ1) is 13.0. The Bertz CT molecular complexity index is 848. The van der Waals surface area contributed by atoms with Gasteiger partial charge < -0.3 is 19.9 Å². The van der Waals surface area contributed by atoms with E-state index in [0.29, 0.717) is 43.3 Å². The monoisotopic (exact) mass is 371 g/mol. The van der Waals surface area contributed by atoms with Gasteiger partial charge in [-0.25, -0.2) is 4.39 Å². The normalized spacial score (nSPS) is 14.0. The third-order valence-electron chi connectivity index (χ3n) is 4.56. The number of halogens is 1. The fourth-order valence-corrected chi connectivity index (χ4v) is 3.10. The van der Waals surface area contributed by atoms with Crippen LogP contribution >= 0.6 is 0 Å². The van der Waals surface area contributed by atoms with Crippen LogP contribution in [-0.4, -0.2) is 50.0 Å². The summed E-state index contributed by atoms with van der Waals surface area (Å²) in [4.78, 5) is 28.2. The molecule has 3 rings (SSSR count). The number of anilines is 2. The SMILES string of the molecule is COc1ccc(C)cc1NC(=O)C(=O)N1CCN(c2ccccc2F)CC1. The van der Waals surface area contributed by atoms with Gasteiger partial charge in [0.2, 0.25) is 0 Å². The number of methoxy groups -OCH3 is 1. The van der Waals surface area contributed by atoms with Crippen LogP contribution in [0.5, 0.6) is 5.75 Å². The van der Waals surface area contributed by atoms with E-state index in [1.807, 2.05) is 17.9 Å². The van der Waals surface area contributed by atoms with Crippen LogP contribution in [0, 0.1) is 12.7 Å². The maximum Gasteiger partial charge on any atom is 0.314 e. The number of piperazine rings is 1. The number of amides is 2. The Morgan fingerprint density at radius 1 is 1.07 bits per heavy atom. The van der Waals surface area contributed by atoms with Gasteiger partial charge in [-0.2, -0.15) is 0 Å². The van der Waals surface area contributed by atoms with E-state index in [0.717, 1.165) is 5.56 Å². The lowest BCUT2D eigenvalue weighted by atomic mass is 10.2. The van der Waals surface area contributed by atoms with Crippen LogP contribution in [-0.2, 0) is 9.59 Å². The Morgan fingerprint density at radius 2 is 1.78 bits per heavy atom. The lowest BCUT2D eigenvalue weighted by Gasteiger charge is -2.35. The standard InChI is InChI=1S/C20H22FN3O3/c1-14-7-8-18(27-2)16(13-14)22-19(25)20(26)24-11-9-23(10-12-24)17-6-4-3-5-15(17)21/h3-8,13H,9-12H2,1-2H3,(H,22,25). The van der Waals surface area contributed by atoms with Crippen molar-refractivity contribution in [3.8, 4) is 5.75 Å². The minimum absolute atomic E-state index is 0.290. The molecule has 0 aromatic heterocycles. The minimum Gasteiger partial charge on any atom is -0.495 e. The number of aryl methyl sites for hydroxylation is 1. The van der Waals surface area contributed by atoms with Crippen LogP contribution in [0.4, 0.5) is 15.8 Å². The van der Waals surface area contributed by atoms with Crippen molar-refractivity contribution in [2.45, 2.75) is 6.92 Å². The second kappa shape index (κ2) is 8.07. The molecule has 1 aliphatic rings. The smallest absolute Gasteiger partial charge is 0.314 e. The Balaban J connectivity index is 1.61. The zero-order valence-corrected chi connectivity index (χ0v) is 15.4. The van der Waals surface area contributed by atoms with Gasteiger partial charge in [-0.3, -0.25) is 9.59 Å². The molecule has 1 N–H and O–H groups in total. The number of ether oxygens (including phenoxy) is 1. The molecule has 0 aliphatic carbocycles. The topological polar surface area (TPSA) is 61.9 Å². The van der Waals surface area contributed by atoms with Gasteiger partial charge in [-0.1, -0.05) is 18.2 Å². The Hall–Kier alpha value is -3.09. The first-order valence-corrected chi connectivity index (χ1v) is 8.74. The lowest BCUT2D eigenvalue weighted by molar-refractivity contribution is -0.143. The molecule has 0 atom stereocenters. The van der Waals surface area contributed by atoms with Crippen molar-refractivity contribution >= 4 is 23.2 Å². The second-order valence-electron chi connectivity index (χ2n) is 6.39. The van der Waals surface area contributed by atoms with Crippen LogP contribution in [0.15, 0.2) is 42.5 Å². The average molecular weight is 371 g/mol. The van der Waals surface area contributed by atoms with Crippen molar-refractivity contribution in [1.82, 2.24) is 4.90 Å². The Morgan fingerprint density at radius 3 is 2.44 bits per heavy atom. The molecular weight excluding hydrogens is 349 g/mol. The van der Waals surface area contributed by atoms with Crippen LogP contribution in [0.3, 0.4) is 0 Å². The quantitative estimate of drug-likeness (QED) is 0.842. The summed E-state index contributed by atoms with van der Waals surface area (Å²) in [5, 5.41) is 2.62. The fourth-order valence-electron chi connectivity index (χ4n) is 3.10. The van der Waals surface area contributed by atoms with Gasteiger partial charge >= 0.3 is 11.8 Å². The van der Waals surface area contributed by atoms with Crippen molar-refractivity contribution < 1.29 is 18.7 Å². The van der Waals surface area contributed by atoms with E-state index < -0.39 is 11.8 Å². The van der Waals surface area contributed by atoms with Crippen molar-refractivity contribution in [1.29, 1.82) is 0 Å². The van der Waals surface area contributed by atoms with Crippen molar-refractivity contribution in [3.05, 3.63) is 53.8 Å². The molecule has 1 fully saturated rings. The summed E-state index contributed by atoms with van der Waals surface area (Å²) in [7, 11) is 1.50. The minimum atomic E-state index is -0.710. The molecule has 0 radical (unpaired) electrons. The predicted octanol–water partition coefficient (Wildman–Crippen LogP) is 2.43. The van der Waals surface area contributed by atoms with E-state index in [1.165, 1.54) is 18.1 Å². The zero-order chi connectivity index (χ0) is 19.4. The molecule has 142 valence electrons. The third-order valence-corrected chi connectivity index (χ3v) is 4.56. The summed E-state index contributed by atoms with van der Waals surface area (Å²) in [6.07, 6.45) is 0. The number of rotatable bonds is 3. The number of benzene rings is 2. The second-order valence-corrected chi connectivity index (χ2v) is 6.39. The van der Waals surface area contributed by atoms with Crippen LogP contribution in [0.2, 0.25) is 0 Å². The number of hydrogen-bond acceptors (Lipinski definition) is 4. The molecule has 0 spiro atoms. The highest BCUT2D eigenvalue weighted by atomic mass is 19.1. The summed E-state index contributed by atoms with van der Waals surface area (Å²) in [6, 6.07) is 11.9. The summed E-state index contributed by atoms with van der Waals surface area (Å²) in [5.41, 5.74) is 1.91. The van der Waals surface area contributed by atoms with Gasteiger partial charge in [0.05, 0.1) is 18.5 Å². The molecule has 2 aromatic rings. The predicted molar refractivity (Wildman–Crippen MR) is 102 cm³/mol. The Labute approximate surface area is 157 Å². The molecule has 0 unspecified atom stereocenters. The summed E-state index contributed by atoms with van der Waals surface area (Å²) in [5.74, 6) is -1.11. The highest BCUT2D eigenvalue weighted by Crippen LogP contribution is 2.25. The van der Waals surface area contributed by atoms with Gasteiger partial charge in [0.1, 0.15) is 11.6 Å². The molecule has 1 aliphatic heterocycles. The first kappa shape index (κ1) is 18.7. The molecule has 0 bridgehead atoms. The van der Waals surface area contributed by atoms with E-state index in [9.17, 15) is 14.0 Å². The molecule has 7 heteroatoms. The number of para-hydroxylation sites is 1. The van der Waals surface area contributed by atoms with Crippen molar-refractivity contribution in [3.63, 3.8) is 0 Å². The number of nitrogens with one attached hydrogen (secondary N) is 1. The first-order valence-electron chi connectivity index (χ1n) is 8.74. The summed E-state index contributed by atoms with van der Waals surface area (Å²) >= 11 is 0. The Kier molecular flexibility index (Phi) is 5.59. The van der Waals surface area contributed by atoms with E-state index in [-0.39, 0.29) is 5.82 Å². The van der Waals surface area contributed by atoms with Crippen LogP contribution < -0.4 is 15.0 Å². The largest absolute Gasteiger partial charge is 0.495 e. The molecule has 1 heterocycles. The van der Waals surface area contributed by atoms with E-state index in [2.05, 4.69) is 5.32 Å². The molecule has 1 saturated heterocycles. The van der Waals surface area contributed by atoms with Gasteiger partial charge in [0.25, 0.3) is 0 Å². The summed E-state index contributed by atoms with van der Waals surface area (Å²) < 4.78 is 19.1. The number of nitrogens with zero attached hydrogens (tertiary/aromatic N) is 2. The summed E-state index contributed by atoms with van der Waals surface area (Å²) in [6.45, 7) is 3.53. The van der Waals surface area contributed by atoms with Crippen LogP contribution in [0.25, 0.3) is 0 Å². The van der Waals surface area contributed by atoms with E-state index in [1.54, 1.807) is 30.3 Å². The fraction of sp³-hybridized carbons (Fsp3) is 0.300. The van der Waals surface area contributed by atoms with Gasteiger partial charge in [-0.15, -0.1) is 0 Å². The van der Waals surface area contributed by atoms with Crippen molar-refractivity contribution in [2.75, 3.05) is 43.5 Å². The van der Waals surface area contributed by atoms with E-state index >= 15 is 0 Å². The van der Waals surface area contributed by atoms with Gasteiger partial charge in [-0.05, 0) is 36.8 Å². The number of carbonyl (C=O) groups is 2. The lowest BCUT2D eigenvalue weighted by Crippen LogP contribution is -2.51. The van der Waals surface area contributed by atoms with Gasteiger partial charge in [0.15, 0.2) is 0 Å².